The van der Waals surface area contributed by atoms with E-state index in [1.54, 1.807) is 15.8 Å². The summed E-state index contributed by atoms with van der Waals surface area (Å²) in [5.74, 6) is -0.109. The zero-order chi connectivity index (χ0) is 24.1. The maximum atomic E-state index is 11.3. The Labute approximate surface area is 218 Å². The van der Waals surface area contributed by atoms with Crippen LogP contribution in [0.25, 0.3) is 0 Å². The van der Waals surface area contributed by atoms with E-state index in [-0.39, 0.29) is 32.5 Å². The molecule has 4 heteroatoms. The topological polar surface area (TPSA) is 26.3 Å². The van der Waals surface area contributed by atoms with Gasteiger partial charge < -0.3 is 4.74 Å². The van der Waals surface area contributed by atoms with Crippen LogP contribution in [0, 0.1) is 0 Å². The molecule has 1 unspecified atom stereocenters. The van der Waals surface area contributed by atoms with Gasteiger partial charge in [0.1, 0.15) is 5.44 Å². The van der Waals surface area contributed by atoms with E-state index in [0.29, 0.717) is 6.42 Å². The van der Waals surface area contributed by atoms with Crippen molar-refractivity contribution in [2.24, 2.45) is 0 Å². The molecule has 0 aliphatic rings. The molecule has 0 fully saturated rings. The van der Waals surface area contributed by atoms with E-state index in [1.807, 2.05) is 0 Å². The Hall–Kier alpha value is 0.619. The van der Waals surface area contributed by atoms with Gasteiger partial charge in [-0.25, -0.2) is 0 Å². The normalized spacial score (nSPS) is 11.4. The molecule has 0 spiro atoms. The van der Waals surface area contributed by atoms with Crippen molar-refractivity contribution < 1.29 is 9.53 Å². The Morgan fingerprint density at radius 3 is 1.31 bits per heavy atom. The van der Waals surface area contributed by atoms with Crippen LogP contribution in [0.15, 0.2) is 0 Å². The first-order chi connectivity index (χ1) is 15.6. The molecule has 2 nitrogen and oxygen atoms in total. The Bertz CT molecular complexity index is 344. The molecule has 0 aromatic heterocycles. The number of ether oxygens (including phenoxy) is 1. The fourth-order valence-electron chi connectivity index (χ4n) is 3.62. The van der Waals surface area contributed by atoms with Gasteiger partial charge in [-0.3, -0.25) is 4.79 Å². The summed E-state index contributed by atoms with van der Waals surface area (Å²) in [6.07, 6.45) is 26.5. The van der Waals surface area contributed by atoms with E-state index in [0.717, 1.165) is 12.8 Å². The SMILES string of the molecule is CCCCCCCCCCCCCCCCCC(=O)OC(C)S.CCC[CH2][Sn+2][CH2]CCC. The summed E-state index contributed by atoms with van der Waals surface area (Å²) < 4.78 is 8.24. The minimum absolute atomic E-state index is 0.109. The molecule has 1 atom stereocenters. The second-order valence-corrected chi connectivity index (χ2v) is 14.3. The molecule has 32 heavy (non-hydrogen) atoms. The average Bonchev–Trinajstić information content (AvgIpc) is 2.76. The summed E-state index contributed by atoms with van der Waals surface area (Å²) in [6.45, 7) is 8.63. The molecule has 0 radical (unpaired) electrons. The van der Waals surface area contributed by atoms with Gasteiger partial charge in [0.05, 0.1) is 0 Å². The summed E-state index contributed by atoms with van der Waals surface area (Å²) in [4.78, 5) is 11.3. The molecular formula is C28H58O2SSn+2. The standard InChI is InChI=1S/C20H40O2S.2C4H9.Sn/c1-3-4-5-6-7-8-9-10-11-12-13-14-15-16-17-18-20(21)22-19(2)23;2*1-3-4-2;/h19,23H,3-18H2,1-2H3;2*1,3-4H2,2H3;/q;;;+2. The van der Waals surface area contributed by atoms with Gasteiger partial charge in [-0.15, -0.1) is 12.6 Å². The molecular weight excluding hydrogens is 519 g/mol. The van der Waals surface area contributed by atoms with Crippen molar-refractivity contribution >= 4 is 39.7 Å². The molecule has 0 heterocycles. The van der Waals surface area contributed by atoms with Crippen LogP contribution in [0.4, 0.5) is 0 Å². The van der Waals surface area contributed by atoms with Gasteiger partial charge in [-0.1, -0.05) is 96.8 Å². The van der Waals surface area contributed by atoms with Crippen molar-refractivity contribution in [2.45, 2.75) is 170 Å². The van der Waals surface area contributed by atoms with E-state index in [9.17, 15) is 4.79 Å². The quantitative estimate of drug-likeness (QED) is 0.0430. The third-order valence-electron chi connectivity index (χ3n) is 5.70. The van der Waals surface area contributed by atoms with Crippen LogP contribution in [-0.2, 0) is 9.53 Å². The molecule has 0 saturated carbocycles. The second kappa shape index (κ2) is 31.6. The van der Waals surface area contributed by atoms with Gasteiger partial charge in [-0.05, 0) is 13.3 Å². The minimum atomic E-state index is -0.279. The van der Waals surface area contributed by atoms with Crippen molar-refractivity contribution in [2.75, 3.05) is 0 Å². The number of thiol groups is 1. The number of carbonyl (C=O) groups excluding carboxylic acids is 1. The van der Waals surface area contributed by atoms with Crippen LogP contribution in [-0.4, -0.2) is 32.5 Å². The first kappa shape index (κ1) is 34.8. The first-order valence-electron chi connectivity index (χ1n) is 14.2. The maximum absolute atomic E-state index is 11.3. The third-order valence-corrected chi connectivity index (χ3v) is 9.84. The number of hydrogen-bond donors (Lipinski definition) is 1. The molecule has 190 valence electrons. The van der Waals surface area contributed by atoms with Crippen LogP contribution < -0.4 is 0 Å². The van der Waals surface area contributed by atoms with Gasteiger partial charge in [-0.2, -0.15) is 0 Å². The zero-order valence-corrected chi connectivity index (χ0v) is 26.1. The molecule has 0 aromatic rings. The summed E-state index contributed by atoms with van der Waals surface area (Å²) >= 11 is 4.19. The third kappa shape index (κ3) is 35.2. The fraction of sp³-hybridized carbons (Fsp3) is 0.964. The average molecular weight is 578 g/mol. The summed E-state index contributed by atoms with van der Waals surface area (Å²) in [5, 5.41) is 0. The number of esters is 1. The van der Waals surface area contributed by atoms with E-state index in [2.05, 4.69) is 33.4 Å². The summed E-state index contributed by atoms with van der Waals surface area (Å²) in [7, 11) is 0. The number of rotatable bonds is 23. The van der Waals surface area contributed by atoms with E-state index in [4.69, 9.17) is 4.74 Å². The summed E-state index contributed by atoms with van der Waals surface area (Å²) in [6, 6.07) is 0. The Morgan fingerprint density at radius 2 is 0.969 bits per heavy atom. The number of carbonyl (C=O) groups is 1. The van der Waals surface area contributed by atoms with Crippen molar-refractivity contribution in [1.29, 1.82) is 0 Å². The van der Waals surface area contributed by atoms with Gasteiger partial charge in [0, 0.05) is 6.42 Å². The van der Waals surface area contributed by atoms with E-state index >= 15 is 0 Å². The summed E-state index contributed by atoms with van der Waals surface area (Å²) in [5.41, 5.74) is -0.279. The Balaban J connectivity index is 0. The van der Waals surface area contributed by atoms with E-state index in [1.165, 1.54) is 109 Å². The molecule has 0 bridgehead atoms. The van der Waals surface area contributed by atoms with Crippen LogP contribution in [0.1, 0.15) is 156 Å². The Kier molecular flexibility index (Phi) is 34.4. The number of unbranched alkanes of at least 4 members (excludes halogenated alkanes) is 16. The van der Waals surface area contributed by atoms with Crippen molar-refractivity contribution in [3.8, 4) is 0 Å². The van der Waals surface area contributed by atoms with Gasteiger partial charge in [0.15, 0.2) is 0 Å². The van der Waals surface area contributed by atoms with Gasteiger partial charge in [0.25, 0.3) is 0 Å². The molecule has 0 N–H and O–H groups in total. The molecule has 0 rings (SSSR count). The fourth-order valence-corrected chi connectivity index (χ4v) is 7.89. The molecule has 0 aliphatic carbocycles. The van der Waals surface area contributed by atoms with Crippen LogP contribution in [0.5, 0.6) is 0 Å². The predicted molar refractivity (Wildman–Crippen MR) is 149 cm³/mol. The monoisotopic (exact) mass is 578 g/mol. The molecule has 0 aliphatic heterocycles. The second-order valence-electron chi connectivity index (χ2n) is 9.25. The first-order valence-corrected chi connectivity index (χ1v) is 18.7. The zero-order valence-electron chi connectivity index (χ0n) is 22.4. The molecule has 0 saturated heterocycles. The van der Waals surface area contributed by atoms with Gasteiger partial charge >= 0.3 is 75.5 Å². The van der Waals surface area contributed by atoms with Crippen molar-refractivity contribution in [3.63, 3.8) is 0 Å². The molecule has 0 amide bonds. The van der Waals surface area contributed by atoms with Crippen LogP contribution >= 0.6 is 12.6 Å². The number of hydrogen-bond acceptors (Lipinski definition) is 3. The predicted octanol–water partition coefficient (Wildman–Crippen LogP) is 10.2. The van der Waals surface area contributed by atoms with E-state index < -0.39 is 0 Å². The van der Waals surface area contributed by atoms with Crippen molar-refractivity contribution in [3.05, 3.63) is 0 Å². The van der Waals surface area contributed by atoms with Gasteiger partial charge in [0.2, 0.25) is 0 Å². The van der Waals surface area contributed by atoms with Crippen molar-refractivity contribution in [1.82, 2.24) is 0 Å². The van der Waals surface area contributed by atoms with Crippen LogP contribution in [0.3, 0.4) is 0 Å². The van der Waals surface area contributed by atoms with Crippen LogP contribution in [0.2, 0.25) is 8.87 Å². The molecule has 0 aromatic carbocycles. The Morgan fingerprint density at radius 1 is 0.625 bits per heavy atom.